The minimum absolute atomic E-state index is 0.223. The third-order valence-electron chi connectivity index (χ3n) is 1.63. The van der Waals surface area contributed by atoms with Crippen LogP contribution in [0.2, 0.25) is 5.28 Å². The highest BCUT2D eigenvalue weighted by molar-refractivity contribution is 6.28. The Hall–Kier alpha value is -2.06. The summed E-state index contributed by atoms with van der Waals surface area (Å²) in [5.74, 6) is 0.223. The monoisotopic (exact) mass is 247 g/mol. The highest BCUT2D eigenvalue weighted by Gasteiger charge is 1.88. The smallest absolute Gasteiger partial charge is 0.227 e. The van der Waals surface area contributed by atoms with Gasteiger partial charge in [-0.05, 0) is 36.6 Å². The molecule has 0 amide bonds. The van der Waals surface area contributed by atoms with Gasteiger partial charge in [0.2, 0.25) is 11.1 Å². The van der Waals surface area contributed by atoms with Crippen molar-refractivity contribution in [3.63, 3.8) is 0 Å². The van der Waals surface area contributed by atoms with Gasteiger partial charge < -0.3 is 0 Å². The Kier molecular flexibility index (Phi) is 4.98. The second-order valence-electron chi connectivity index (χ2n) is 3.23. The molecule has 5 nitrogen and oxygen atoms in total. The van der Waals surface area contributed by atoms with E-state index in [1.165, 1.54) is 0 Å². The fourth-order valence-corrected chi connectivity index (χ4v) is 0.925. The third kappa shape index (κ3) is 5.00. The zero-order valence-corrected chi connectivity index (χ0v) is 10.2. The van der Waals surface area contributed by atoms with E-state index >= 15 is 0 Å². The SMILES string of the molecule is Cc1cnc(C#N)nc1.Cc1cnc(Cl)nc1. The fourth-order valence-electron chi connectivity index (χ4n) is 0.827. The van der Waals surface area contributed by atoms with Crippen LogP contribution >= 0.6 is 11.6 Å². The number of nitriles is 1. The molecule has 0 saturated heterocycles. The molecule has 86 valence electrons. The summed E-state index contributed by atoms with van der Waals surface area (Å²) in [5, 5.41) is 8.55. The lowest BCUT2D eigenvalue weighted by Gasteiger charge is -1.86. The molecule has 0 aliphatic rings. The van der Waals surface area contributed by atoms with Crippen LogP contribution in [0.1, 0.15) is 17.0 Å². The second kappa shape index (κ2) is 6.51. The topological polar surface area (TPSA) is 75.3 Å². The van der Waals surface area contributed by atoms with Crippen LogP contribution in [0.5, 0.6) is 0 Å². The van der Waals surface area contributed by atoms with E-state index in [4.69, 9.17) is 16.9 Å². The molecule has 2 aromatic rings. The van der Waals surface area contributed by atoms with Crippen molar-refractivity contribution in [2.75, 3.05) is 0 Å². The van der Waals surface area contributed by atoms with Crippen LogP contribution < -0.4 is 0 Å². The predicted octanol–water partition coefficient (Wildman–Crippen LogP) is 2.10. The number of hydrogen-bond donors (Lipinski definition) is 0. The molecule has 6 heteroatoms. The van der Waals surface area contributed by atoms with Crippen molar-refractivity contribution in [1.29, 1.82) is 5.26 Å². The highest BCUT2D eigenvalue weighted by Crippen LogP contribution is 1.97. The maximum atomic E-state index is 8.25. The van der Waals surface area contributed by atoms with Gasteiger partial charge in [0.25, 0.3) is 0 Å². The molecule has 0 fully saturated rings. The Morgan fingerprint density at radius 3 is 1.71 bits per heavy atom. The molecule has 0 saturated carbocycles. The predicted molar refractivity (Wildman–Crippen MR) is 63.3 cm³/mol. The molecule has 0 unspecified atom stereocenters. The molecule has 0 aliphatic heterocycles. The molecular weight excluding hydrogens is 238 g/mol. The number of aromatic nitrogens is 4. The normalized spacial score (nSPS) is 8.82. The average molecular weight is 248 g/mol. The van der Waals surface area contributed by atoms with Crippen molar-refractivity contribution >= 4 is 11.6 Å². The van der Waals surface area contributed by atoms with Crippen molar-refractivity contribution in [2.45, 2.75) is 13.8 Å². The quantitative estimate of drug-likeness (QED) is 0.667. The molecule has 2 rings (SSSR count). The lowest BCUT2D eigenvalue weighted by atomic mass is 10.4. The summed E-state index contributed by atoms with van der Waals surface area (Å²) in [4.78, 5) is 14.9. The van der Waals surface area contributed by atoms with E-state index < -0.39 is 0 Å². The summed E-state index contributed by atoms with van der Waals surface area (Å²) in [7, 11) is 0. The van der Waals surface area contributed by atoms with E-state index in [1.54, 1.807) is 24.8 Å². The lowest BCUT2D eigenvalue weighted by Crippen LogP contribution is -1.86. The largest absolute Gasteiger partial charge is 0.232 e. The van der Waals surface area contributed by atoms with Crippen molar-refractivity contribution < 1.29 is 0 Å². The van der Waals surface area contributed by atoms with Gasteiger partial charge in [-0.15, -0.1) is 0 Å². The first-order valence-corrected chi connectivity index (χ1v) is 5.12. The molecule has 0 aliphatic carbocycles. The number of hydrogen-bond acceptors (Lipinski definition) is 5. The fraction of sp³-hybridized carbons (Fsp3) is 0.182. The van der Waals surface area contributed by atoms with Crippen molar-refractivity contribution in [2.24, 2.45) is 0 Å². The molecule has 2 aromatic heterocycles. The molecule has 2 heterocycles. The molecule has 0 spiro atoms. The average Bonchev–Trinajstić information content (AvgIpc) is 2.35. The first-order chi connectivity index (χ1) is 8.11. The van der Waals surface area contributed by atoms with Gasteiger partial charge in [0.15, 0.2) is 0 Å². The first-order valence-electron chi connectivity index (χ1n) is 4.74. The van der Waals surface area contributed by atoms with Crippen molar-refractivity contribution in [1.82, 2.24) is 19.9 Å². The standard InChI is InChI=1S/C6H5N3.C5H5ClN2/c1-5-3-8-6(2-7)9-4-5;1-4-2-7-5(6)8-3-4/h3-4H,1H3;2-3H,1H3. The first kappa shape index (κ1) is 13.0. The van der Waals surface area contributed by atoms with Crippen LogP contribution in [0.3, 0.4) is 0 Å². The number of nitrogens with zero attached hydrogens (tertiary/aromatic N) is 5. The Labute approximate surface area is 104 Å². The summed E-state index contributed by atoms with van der Waals surface area (Å²) in [6, 6.07) is 1.83. The van der Waals surface area contributed by atoms with Crippen LogP contribution in [0.4, 0.5) is 0 Å². The van der Waals surface area contributed by atoms with Crippen LogP contribution in [0.25, 0.3) is 0 Å². The number of aryl methyl sites for hydroxylation is 2. The van der Waals surface area contributed by atoms with Gasteiger partial charge in [-0.1, -0.05) is 0 Å². The summed E-state index contributed by atoms with van der Waals surface area (Å²) in [6.07, 6.45) is 6.59. The minimum Gasteiger partial charge on any atom is -0.227 e. The molecule has 17 heavy (non-hydrogen) atoms. The maximum Gasteiger partial charge on any atom is 0.232 e. The lowest BCUT2D eigenvalue weighted by molar-refractivity contribution is 1.08. The van der Waals surface area contributed by atoms with Gasteiger partial charge in [0.05, 0.1) is 0 Å². The van der Waals surface area contributed by atoms with Gasteiger partial charge in [-0.25, -0.2) is 19.9 Å². The van der Waals surface area contributed by atoms with Crippen molar-refractivity contribution in [3.8, 4) is 6.07 Å². The van der Waals surface area contributed by atoms with E-state index in [1.807, 2.05) is 19.9 Å². The molecule has 0 bridgehead atoms. The highest BCUT2D eigenvalue weighted by atomic mass is 35.5. The van der Waals surface area contributed by atoms with E-state index in [-0.39, 0.29) is 5.82 Å². The summed E-state index contributed by atoms with van der Waals surface area (Å²) >= 11 is 5.39. The summed E-state index contributed by atoms with van der Waals surface area (Å²) in [6.45, 7) is 3.79. The Bertz CT molecular complexity index is 480. The Morgan fingerprint density at radius 1 is 0.941 bits per heavy atom. The molecule has 0 atom stereocenters. The Balaban J connectivity index is 0.000000171. The maximum absolute atomic E-state index is 8.25. The minimum atomic E-state index is 0.223. The van der Waals surface area contributed by atoms with Gasteiger partial charge in [-0.2, -0.15) is 5.26 Å². The van der Waals surface area contributed by atoms with E-state index in [0.717, 1.165) is 11.1 Å². The number of rotatable bonds is 0. The molecule has 0 aromatic carbocycles. The summed E-state index contributed by atoms with van der Waals surface area (Å²) in [5.41, 5.74) is 1.99. The van der Waals surface area contributed by atoms with Gasteiger partial charge in [0.1, 0.15) is 6.07 Å². The zero-order chi connectivity index (χ0) is 12.7. The molecule has 0 radical (unpaired) electrons. The van der Waals surface area contributed by atoms with Crippen molar-refractivity contribution in [3.05, 3.63) is 47.0 Å². The summed E-state index contributed by atoms with van der Waals surface area (Å²) < 4.78 is 0. The van der Waals surface area contributed by atoms with E-state index in [0.29, 0.717) is 5.28 Å². The second-order valence-corrected chi connectivity index (χ2v) is 3.56. The molecule has 0 N–H and O–H groups in total. The van der Waals surface area contributed by atoms with E-state index in [9.17, 15) is 0 Å². The van der Waals surface area contributed by atoms with Gasteiger partial charge in [0, 0.05) is 24.8 Å². The van der Waals surface area contributed by atoms with Crippen LogP contribution in [-0.4, -0.2) is 19.9 Å². The van der Waals surface area contributed by atoms with E-state index in [2.05, 4.69) is 19.9 Å². The zero-order valence-electron chi connectivity index (χ0n) is 9.42. The van der Waals surface area contributed by atoms with Crippen LogP contribution in [0, 0.1) is 25.2 Å². The van der Waals surface area contributed by atoms with Crippen LogP contribution in [-0.2, 0) is 0 Å². The van der Waals surface area contributed by atoms with Crippen LogP contribution in [0.15, 0.2) is 24.8 Å². The van der Waals surface area contributed by atoms with Gasteiger partial charge in [-0.3, -0.25) is 0 Å². The van der Waals surface area contributed by atoms with Gasteiger partial charge >= 0.3 is 0 Å². The third-order valence-corrected chi connectivity index (χ3v) is 1.83. The molecular formula is C11H10ClN5. The number of halogens is 1. The Morgan fingerprint density at radius 2 is 1.35 bits per heavy atom.